The van der Waals surface area contributed by atoms with Gasteiger partial charge in [-0.2, -0.15) is 0 Å². The van der Waals surface area contributed by atoms with E-state index in [4.69, 9.17) is 14.2 Å². The van der Waals surface area contributed by atoms with Gasteiger partial charge in [-0.3, -0.25) is 14.4 Å². The minimum absolute atomic E-state index is 0.0667. The summed E-state index contributed by atoms with van der Waals surface area (Å²) in [5.41, 5.74) is 0. The third-order valence-electron chi connectivity index (χ3n) is 17.1. The van der Waals surface area contributed by atoms with E-state index in [0.29, 0.717) is 19.3 Å². The Bertz CT molecular complexity index is 1380. The van der Waals surface area contributed by atoms with Gasteiger partial charge in [0, 0.05) is 19.3 Å². The van der Waals surface area contributed by atoms with Crippen molar-refractivity contribution in [2.24, 2.45) is 0 Å². The summed E-state index contributed by atoms with van der Waals surface area (Å²) >= 11 is 0. The fraction of sp³-hybridized carbons (Fsp3) is 0.883. The molecule has 0 amide bonds. The van der Waals surface area contributed by atoms with Gasteiger partial charge in [0.05, 0.1) is 0 Å². The highest BCUT2D eigenvalue weighted by atomic mass is 16.6. The molecule has 488 valence electrons. The molecule has 1 unspecified atom stereocenters. The molecule has 0 bridgehead atoms. The zero-order valence-electron chi connectivity index (χ0n) is 56.2. The van der Waals surface area contributed by atoms with Crippen LogP contribution in [0.15, 0.2) is 36.5 Å². The molecule has 0 spiro atoms. The van der Waals surface area contributed by atoms with Crippen LogP contribution in [0.25, 0.3) is 0 Å². The lowest BCUT2D eigenvalue weighted by Gasteiger charge is -2.18. The third kappa shape index (κ3) is 70.3. The maximum atomic E-state index is 13.0. The molecule has 6 heteroatoms. The predicted octanol–water partition coefficient (Wildman–Crippen LogP) is 25.9. The van der Waals surface area contributed by atoms with E-state index in [0.717, 1.165) is 70.6 Å². The van der Waals surface area contributed by atoms with Gasteiger partial charge in [-0.1, -0.05) is 378 Å². The van der Waals surface area contributed by atoms with E-state index in [2.05, 4.69) is 57.2 Å². The molecule has 83 heavy (non-hydrogen) atoms. The Hall–Kier alpha value is -2.37. The van der Waals surface area contributed by atoms with Crippen molar-refractivity contribution in [3.63, 3.8) is 0 Å². The van der Waals surface area contributed by atoms with Crippen LogP contribution in [0.1, 0.15) is 419 Å². The number of hydrogen-bond donors (Lipinski definition) is 0. The van der Waals surface area contributed by atoms with Gasteiger partial charge >= 0.3 is 17.9 Å². The number of rotatable bonds is 70. The second kappa shape index (κ2) is 72.1. The highest BCUT2D eigenvalue weighted by Crippen LogP contribution is 2.19. The van der Waals surface area contributed by atoms with Crippen molar-refractivity contribution in [1.29, 1.82) is 0 Å². The molecule has 1 atom stereocenters. The van der Waals surface area contributed by atoms with Crippen LogP contribution in [0.4, 0.5) is 0 Å². The Labute approximate surface area is 518 Å². The summed E-state index contributed by atoms with van der Waals surface area (Å²) in [7, 11) is 0. The van der Waals surface area contributed by atoms with E-state index >= 15 is 0 Å². The lowest BCUT2D eigenvalue weighted by Crippen LogP contribution is -2.30. The first-order valence-corrected chi connectivity index (χ1v) is 37.5. The van der Waals surface area contributed by atoms with E-state index < -0.39 is 6.10 Å². The molecule has 0 aromatic carbocycles. The Morgan fingerprint density at radius 2 is 0.434 bits per heavy atom. The normalized spacial score (nSPS) is 12.2. The quantitative estimate of drug-likeness (QED) is 0.0261. The van der Waals surface area contributed by atoms with Gasteiger partial charge in [-0.25, -0.2) is 0 Å². The number of allylic oxidation sites excluding steroid dienone is 6. The van der Waals surface area contributed by atoms with Crippen molar-refractivity contribution < 1.29 is 28.6 Å². The summed E-state index contributed by atoms with van der Waals surface area (Å²) < 4.78 is 17.0. The molecule has 6 nitrogen and oxygen atoms in total. The van der Waals surface area contributed by atoms with Crippen molar-refractivity contribution in [2.45, 2.75) is 425 Å². The smallest absolute Gasteiger partial charge is 0.306 e. The molecule has 0 aromatic heterocycles. The summed E-state index contributed by atoms with van der Waals surface area (Å²) in [4.78, 5) is 38.5. The van der Waals surface area contributed by atoms with Crippen molar-refractivity contribution in [2.75, 3.05) is 13.2 Å². The Kier molecular flexibility index (Phi) is 70.0. The van der Waals surface area contributed by atoms with Gasteiger partial charge in [-0.15, -0.1) is 0 Å². The number of unbranched alkanes of at least 4 members (excludes halogenated alkanes) is 53. The summed E-state index contributed by atoms with van der Waals surface area (Å²) in [6, 6.07) is 0. The SMILES string of the molecule is CCCCCCC/C=C\C/C=C\C/C=C\CCCCCCCCCCCCC(=O)OCC(COC(=O)CCCCCCCCCCCCCCCCC)OC(=O)CCCCCCCCCCCCCCCCCCCCCCCCCCC. The molecule has 0 N–H and O–H groups in total. The van der Waals surface area contributed by atoms with E-state index in [1.807, 2.05) is 0 Å². The van der Waals surface area contributed by atoms with Crippen molar-refractivity contribution in [3.8, 4) is 0 Å². The molecule has 0 saturated carbocycles. The molecule has 0 rings (SSSR count). The van der Waals surface area contributed by atoms with E-state index in [1.165, 1.54) is 308 Å². The number of ether oxygens (including phenoxy) is 3. The Balaban J connectivity index is 4.26. The van der Waals surface area contributed by atoms with Crippen LogP contribution in [0.2, 0.25) is 0 Å². The van der Waals surface area contributed by atoms with Crippen LogP contribution < -0.4 is 0 Å². The molecule has 0 fully saturated rings. The zero-order valence-corrected chi connectivity index (χ0v) is 56.2. The topological polar surface area (TPSA) is 78.9 Å². The lowest BCUT2D eigenvalue weighted by molar-refractivity contribution is -0.167. The summed E-state index contributed by atoms with van der Waals surface area (Å²) in [6.45, 7) is 6.72. The zero-order chi connectivity index (χ0) is 59.9. The minimum atomic E-state index is -0.772. The average Bonchev–Trinajstić information content (AvgIpc) is 3.49. The first-order valence-electron chi connectivity index (χ1n) is 37.5. The standard InChI is InChI=1S/C77H144O6/c1-4-7-10-13-16-19-22-25-28-30-32-34-36-38-40-42-44-46-49-52-55-58-61-64-67-70-76(79)82-73-74(72-81-75(78)69-66-63-60-57-54-51-48-27-24-21-18-15-12-9-6-3)83-77(80)71-68-65-62-59-56-53-50-47-45-43-41-39-37-35-33-31-29-26-23-20-17-14-11-8-5-2/h22,25,30,32,36,38,74H,4-21,23-24,26-29,31,33-35,37,39-73H2,1-3H3/b25-22-,32-30-,38-36-. The second-order valence-electron chi connectivity index (χ2n) is 25.6. The highest BCUT2D eigenvalue weighted by molar-refractivity contribution is 5.71. The van der Waals surface area contributed by atoms with Gasteiger partial charge in [0.2, 0.25) is 0 Å². The first kappa shape index (κ1) is 80.6. The molecule has 0 saturated heterocycles. The van der Waals surface area contributed by atoms with E-state index in [-0.39, 0.29) is 31.1 Å². The third-order valence-corrected chi connectivity index (χ3v) is 17.1. The second-order valence-corrected chi connectivity index (χ2v) is 25.6. The predicted molar refractivity (Wildman–Crippen MR) is 362 cm³/mol. The number of esters is 3. The Morgan fingerprint density at radius 3 is 0.675 bits per heavy atom. The summed E-state index contributed by atoms with van der Waals surface area (Å²) in [6.07, 6.45) is 90.4. The van der Waals surface area contributed by atoms with Crippen LogP contribution in [0, 0.1) is 0 Å². The van der Waals surface area contributed by atoms with Gasteiger partial charge < -0.3 is 14.2 Å². The number of hydrogen-bond acceptors (Lipinski definition) is 6. The summed E-state index contributed by atoms with van der Waals surface area (Å²) in [5, 5.41) is 0. The lowest BCUT2D eigenvalue weighted by atomic mass is 10.0. The maximum Gasteiger partial charge on any atom is 0.306 e. The average molecular weight is 1170 g/mol. The molecular formula is C77H144O6. The van der Waals surface area contributed by atoms with Crippen LogP contribution in [0.3, 0.4) is 0 Å². The fourth-order valence-corrected chi connectivity index (χ4v) is 11.5. The molecule has 0 heterocycles. The van der Waals surface area contributed by atoms with Gasteiger partial charge in [-0.05, 0) is 57.8 Å². The largest absolute Gasteiger partial charge is 0.462 e. The van der Waals surface area contributed by atoms with Crippen LogP contribution in [-0.4, -0.2) is 37.2 Å². The van der Waals surface area contributed by atoms with Gasteiger partial charge in [0.1, 0.15) is 13.2 Å². The number of carbonyl (C=O) groups is 3. The molecular weight excluding hydrogens is 1020 g/mol. The van der Waals surface area contributed by atoms with Crippen molar-refractivity contribution in [1.82, 2.24) is 0 Å². The monoisotopic (exact) mass is 1170 g/mol. The molecule has 0 radical (unpaired) electrons. The summed E-state index contributed by atoms with van der Waals surface area (Å²) in [5.74, 6) is -0.836. The van der Waals surface area contributed by atoms with Crippen LogP contribution in [0.5, 0.6) is 0 Å². The van der Waals surface area contributed by atoms with E-state index in [9.17, 15) is 14.4 Å². The molecule has 0 aromatic rings. The van der Waals surface area contributed by atoms with Crippen LogP contribution >= 0.6 is 0 Å². The highest BCUT2D eigenvalue weighted by Gasteiger charge is 2.20. The van der Waals surface area contributed by atoms with E-state index in [1.54, 1.807) is 0 Å². The first-order chi connectivity index (χ1) is 41.0. The van der Waals surface area contributed by atoms with Crippen molar-refractivity contribution in [3.05, 3.63) is 36.5 Å². The maximum absolute atomic E-state index is 13.0. The van der Waals surface area contributed by atoms with Gasteiger partial charge in [0.25, 0.3) is 0 Å². The molecule has 0 aliphatic heterocycles. The Morgan fingerprint density at radius 1 is 0.241 bits per heavy atom. The van der Waals surface area contributed by atoms with Crippen molar-refractivity contribution >= 4 is 17.9 Å². The molecule has 0 aliphatic rings. The number of carbonyl (C=O) groups excluding carboxylic acids is 3. The molecule has 0 aliphatic carbocycles. The van der Waals surface area contributed by atoms with Crippen LogP contribution in [-0.2, 0) is 28.6 Å². The van der Waals surface area contributed by atoms with Gasteiger partial charge in [0.15, 0.2) is 6.10 Å². The minimum Gasteiger partial charge on any atom is -0.462 e. The fourth-order valence-electron chi connectivity index (χ4n) is 11.5.